The lowest BCUT2D eigenvalue weighted by atomic mass is 9.77. The number of nitrogens with one attached hydrogen (secondary N) is 1. The normalized spacial score (nSPS) is 17.7. The Balaban J connectivity index is 2.12. The van der Waals surface area contributed by atoms with Crippen molar-refractivity contribution >= 4 is 0 Å². The van der Waals surface area contributed by atoms with Gasteiger partial charge in [-0.2, -0.15) is 0 Å². The smallest absolute Gasteiger partial charge is 0.204 e. The maximum Gasteiger partial charge on any atom is 0.204 e. The second kappa shape index (κ2) is 5.60. The first kappa shape index (κ1) is 15.1. The van der Waals surface area contributed by atoms with Gasteiger partial charge in [-0.3, -0.25) is 0 Å². The molecule has 2 aliphatic rings. The minimum Gasteiger partial charge on any atom is -0.508 e. The Bertz CT molecular complexity index is 816. The minimum absolute atomic E-state index is 0.187. The van der Waals surface area contributed by atoms with Crippen molar-refractivity contribution < 1.29 is 19.3 Å². The van der Waals surface area contributed by atoms with Crippen LogP contribution >= 0.6 is 0 Å². The zero-order valence-electron chi connectivity index (χ0n) is 14.1. The number of methoxy groups -OCH3 is 3. The van der Waals surface area contributed by atoms with E-state index < -0.39 is 0 Å². The fourth-order valence-corrected chi connectivity index (χ4v) is 4.11. The summed E-state index contributed by atoms with van der Waals surface area (Å²) in [6, 6.07) is 5.70. The van der Waals surface area contributed by atoms with Gasteiger partial charge in [0.15, 0.2) is 11.5 Å². The van der Waals surface area contributed by atoms with Gasteiger partial charge in [-0.1, -0.05) is 6.07 Å². The Morgan fingerprint density at radius 3 is 2.50 bits per heavy atom. The molecule has 0 saturated carbocycles. The molecule has 1 aliphatic heterocycles. The van der Waals surface area contributed by atoms with Crippen LogP contribution in [0.3, 0.4) is 0 Å². The standard InChI is InChI=1S/C19H21NO4/c1-22-17-13-6-7-20-14-9-10-8-11(21)4-5-12(10)16(15(13)14)18(23-2)19(17)24-3/h4-5,8,14,20-21H,6-7,9H2,1-3H3/t14-/m1/s1. The van der Waals surface area contributed by atoms with Crippen molar-refractivity contribution in [3.8, 4) is 34.1 Å². The summed E-state index contributed by atoms with van der Waals surface area (Å²) in [6.45, 7) is 0.886. The summed E-state index contributed by atoms with van der Waals surface area (Å²) in [4.78, 5) is 0. The number of benzene rings is 2. The first-order valence-corrected chi connectivity index (χ1v) is 8.10. The van der Waals surface area contributed by atoms with Crippen molar-refractivity contribution in [1.29, 1.82) is 0 Å². The third-order valence-electron chi connectivity index (χ3n) is 5.02. The highest BCUT2D eigenvalue weighted by molar-refractivity contribution is 5.86. The molecule has 5 nitrogen and oxygen atoms in total. The number of aromatic hydroxyl groups is 1. The summed E-state index contributed by atoms with van der Waals surface area (Å²) < 4.78 is 17.1. The topological polar surface area (TPSA) is 60.0 Å². The first-order chi connectivity index (χ1) is 11.7. The van der Waals surface area contributed by atoms with Crippen LogP contribution in [0.5, 0.6) is 23.0 Å². The lowest BCUT2D eigenvalue weighted by molar-refractivity contribution is 0.318. The quantitative estimate of drug-likeness (QED) is 0.908. The molecule has 0 amide bonds. The van der Waals surface area contributed by atoms with Crippen LogP contribution in [0.1, 0.15) is 22.7 Å². The van der Waals surface area contributed by atoms with Gasteiger partial charge >= 0.3 is 0 Å². The molecule has 0 saturated heterocycles. The van der Waals surface area contributed by atoms with Gasteiger partial charge in [0, 0.05) is 17.2 Å². The molecule has 1 aliphatic carbocycles. The van der Waals surface area contributed by atoms with E-state index in [0.717, 1.165) is 41.8 Å². The number of phenolic OH excluding ortho intramolecular Hbond substituents is 1. The van der Waals surface area contributed by atoms with Crippen LogP contribution in [0.15, 0.2) is 18.2 Å². The van der Waals surface area contributed by atoms with E-state index in [-0.39, 0.29) is 11.8 Å². The van der Waals surface area contributed by atoms with Gasteiger partial charge in [-0.25, -0.2) is 0 Å². The molecule has 0 spiro atoms. The van der Waals surface area contributed by atoms with Crippen molar-refractivity contribution in [2.24, 2.45) is 0 Å². The molecule has 0 aromatic heterocycles. The second-order valence-electron chi connectivity index (χ2n) is 6.17. The molecule has 24 heavy (non-hydrogen) atoms. The average molecular weight is 327 g/mol. The molecular formula is C19H21NO4. The highest BCUT2D eigenvalue weighted by atomic mass is 16.5. The summed E-state index contributed by atoms with van der Waals surface area (Å²) >= 11 is 0. The van der Waals surface area contributed by atoms with Gasteiger partial charge in [-0.05, 0) is 48.2 Å². The molecule has 5 heteroatoms. The lowest BCUT2D eigenvalue weighted by Gasteiger charge is -2.36. The SMILES string of the molecule is COc1c2c3c(c(OC)c1OC)-c1ccc(O)cc1C[C@H]3NCC2. The molecule has 1 atom stereocenters. The molecular weight excluding hydrogens is 306 g/mol. The van der Waals surface area contributed by atoms with Crippen LogP contribution in [-0.4, -0.2) is 33.0 Å². The molecule has 4 rings (SSSR count). The first-order valence-electron chi connectivity index (χ1n) is 8.10. The van der Waals surface area contributed by atoms with E-state index in [1.54, 1.807) is 27.4 Å². The van der Waals surface area contributed by atoms with E-state index >= 15 is 0 Å². The fourth-order valence-electron chi connectivity index (χ4n) is 4.11. The highest BCUT2D eigenvalue weighted by Gasteiger charge is 2.36. The zero-order valence-corrected chi connectivity index (χ0v) is 14.1. The van der Waals surface area contributed by atoms with Gasteiger partial charge in [-0.15, -0.1) is 0 Å². The van der Waals surface area contributed by atoms with Crippen molar-refractivity contribution in [3.05, 3.63) is 34.9 Å². The predicted octanol–water partition coefficient (Wildman–Crippen LogP) is 2.83. The number of rotatable bonds is 3. The van der Waals surface area contributed by atoms with Gasteiger partial charge < -0.3 is 24.6 Å². The summed E-state index contributed by atoms with van der Waals surface area (Å²) in [5, 5.41) is 13.5. The van der Waals surface area contributed by atoms with Crippen LogP contribution in [0.25, 0.3) is 11.1 Å². The Labute approximate surface area is 141 Å². The zero-order chi connectivity index (χ0) is 16.8. The third kappa shape index (κ3) is 1.97. The summed E-state index contributed by atoms with van der Waals surface area (Å²) in [5.41, 5.74) is 5.66. The number of ether oxygens (including phenoxy) is 3. The maximum absolute atomic E-state index is 9.88. The van der Waals surface area contributed by atoms with Gasteiger partial charge in [0.1, 0.15) is 5.75 Å². The second-order valence-corrected chi connectivity index (χ2v) is 6.17. The Morgan fingerprint density at radius 2 is 1.79 bits per heavy atom. The van der Waals surface area contributed by atoms with Gasteiger partial charge in [0.05, 0.1) is 21.3 Å². The van der Waals surface area contributed by atoms with E-state index in [9.17, 15) is 5.11 Å². The Hall–Kier alpha value is -2.40. The van der Waals surface area contributed by atoms with Crippen molar-refractivity contribution in [2.45, 2.75) is 18.9 Å². The van der Waals surface area contributed by atoms with E-state index in [2.05, 4.69) is 5.32 Å². The number of hydrogen-bond donors (Lipinski definition) is 2. The highest BCUT2D eigenvalue weighted by Crippen LogP contribution is 2.55. The monoisotopic (exact) mass is 327 g/mol. The minimum atomic E-state index is 0.187. The third-order valence-corrected chi connectivity index (χ3v) is 5.02. The molecule has 126 valence electrons. The van der Waals surface area contributed by atoms with Crippen molar-refractivity contribution in [2.75, 3.05) is 27.9 Å². The van der Waals surface area contributed by atoms with Crippen LogP contribution < -0.4 is 19.5 Å². The van der Waals surface area contributed by atoms with Crippen LogP contribution in [0, 0.1) is 0 Å². The van der Waals surface area contributed by atoms with E-state index in [1.807, 2.05) is 12.1 Å². The van der Waals surface area contributed by atoms with E-state index in [4.69, 9.17) is 14.2 Å². The summed E-state index contributed by atoms with van der Waals surface area (Å²) in [6.07, 6.45) is 1.72. The van der Waals surface area contributed by atoms with Gasteiger partial charge in [0.25, 0.3) is 0 Å². The molecule has 0 unspecified atom stereocenters. The molecule has 2 aromatic carbocycles. The molecule has 2 N–H and O–H groups in total. The largest absolute Gasteiger partial charge is 0.508 e. The number of phenols is 1. The summed E-state index contributed by atoms with van der Waals surface area (Å²) in [5.74, 6) is 2.37. The number of fused-ring (bicyclic) bond motifs is 2. The van der Waals surface area contributed by atoms with E-state index in [1.165, 1.54) is 11.1 Å². The maximum atomic E-state index is 9.88. The van der Waals surface area contributed by atoms with Crippen LogP contribution in [0.4, 0.5) is 0 Å². The molecule has 0 radical (unpaired) electrons. The van der Waals surface area contributed by atoms with Crippen LogP contribution in [0.2, 0.25) is 0 Å². The molecule has 0 bridgehead atoms. The van der Waals surface area contributed by atoms with E-state index in [0.29, 0.717) is 11.5 Å². The molecule has 0 fully saturated rings. The lowest BCUT2D eigenvalue weighted by Crippen LogP contribution is -2.34. The van der Waals surface area contributed by atoms with Gasteiger partial charge in [0.2, 0.25) is 5.75 Å². The number of hydrogen-bond acceptors (Lipinski definition) is 5. The average Bonchev–Trinajstić information content (AvgIpc) is 2.60. The summed E-state index contributed by atoms with van der Waals surface area (Å²) in [7, 11) is 4.96. The predicted molar refractivity (Wildman–Crippen MR) is 91.4 cm³/mol. The molecule has 1 heterocycles. The van der Waals surface area contributed by atoms with Crippen molar-refractivity contribution in [3.63, 3.8) is 0 Å². The Morgan fingerprint density at radius 1 is 1.04 bits per heavy atom. The van der Waals surface area contributed by atoms with Crippen LogP contribution in [-0.2, 0) is 12.8 Å². The molecule has 2 aromatic rings. The Kier molecular flexibility index (Phi) is 3.53. The fraction of sp³-hybridized carbons (Fsp3) is 0.368. The van der Waals surface area contributed by atoms with Crippen molar-refractivity contribution in [1.82, 2.24) is 5.32 Å².